The van der Waals surface area contributed by atoms with E-state index in [-0.39, 0.29) is 18.4 Å². The number of nitrogens with one attached hydrogen (secondary N) is 2. The van der Waals surface area contributed by atoms with Gasteiger partial charge in [0.2, 0.25) is 5.91 Å². The van der Waals surface area contributed by atoms with Gasteiger partial charge in [-0.2, -0.15) is 0 Å². The number of rotatable bonds is 6. The summed E-state index contributed by atoms with van der Waals surface area (Å²) in [4.78, 5) is 26.9. The molecule has 1 fully saturated rings. The van der Waals surface area contributed by atoms with Gasteiger partial charge in [-0.3, -0.25) is 9.59 Å². The summed E-state index contributed by atoms with van der Waals surface area (Å²) in [5.74, 6) is -0.427. The van der Waals surface area contributed by atoms with Crippen LogP contribution in [0.3, 0.4) is 0 Å². The van der Waals surface area contributed by atoms with Crippen molar-refractivity contribution >= 4 is 44.8 Å². The number of carbonyl (C=O) groups excluding carboxylic acids is 2. The molecule has 25 heavy (non-hydrogen) atoms. The molecule has 132 valence electrons. The van der Waals surface area contributed by atoms with Crippen molar-refractivity contribution in [2.24, 2.45) is 0 Å². The van der Waals surface area contributed by atoms with Gasteiger partial charge in [0, 0.05) is 25.3 Å². The van der Waals surface area contributed by atoms with Gasteiger partial charge < -0.3 is 15.5 Å². The van der Waals surface area contributed by atoms with E-state index in [1.165, 1.54) is 29.9 Å². The van der Waals surface area contributed by atoms with Crippen molar-refractivity contribution in [1.82, 2.24) is 10.6 Å². The van der Waals surface area contributed by atoms with Crippen LogP contribution in [0.2, 0.25) is 0 Å². The number of para-hydroxylation sites is 1. The number of hydrogen-bond acceptors (Lipinski definition) is 4. The van der Waals surface area contributed by atoms with Gasteiger partial charge in [-0.25, -0.2) is 0 Å². The summed E-state index contributed by atoms with van der Waals surface area (Å²) in [6.45, 7) is 2.57. The molecule has 1 saturated heterocycles. The first-order valence-corrected chi connectivity index (χ1v) is 9.87. The van der Waals surface area contributed by atoms with Gasteiger partial charge in [-0.05, 0) is 52.5 Å². The zero-order valence-corrected chi connectivity index (χ0v) is 16.2. The minimum atomic E-state index is -0.233. The van der Waals surface area contributed by atoms with Gasteiger partial charge in [0.15, 0.2) is 0 Å². The van der Waals surface area contributed by atoms with E-state index in [0.29, 0.717) is 11.4 Å². The highest BCUT2D eigenvalue weighted by molar-refractivity contribution is 9.11. The summed E-state index contributed by atoms with van der Waals surface area (Å²) < 4.78 is 0.889. The van der Waals surface area contributed by atoms with Crippen molar-refractivity contribution in [3.05, 3.63) is 50.6 Å². The fraction of sp³-hybridized carbons (Fsp3) is 0.333. The molecule has 5 nitrogen and oxygen atoms in total. The Morgan fingerprint density at radius 1 is 1.08 bits per heavy atom. The third kappa shape index (κ3) is 4.83. The SMILES string of the molecule is O=C(CNC(=O)c1ccc(Br)s1)NCc1ccccc1N1CCCC1. The first-order chi connectivity index (χ1) is 12.1. The third-order valence-electron chi connectivity index (χ3n) is 4.12. The van der Waals surface area contributed by atoms with E-state index in [0.717, 1.165) is 22.4 Å². The Balaban J connectivity index is 1.50. The number of hydrogen-bond donors (Lipinski definition) is 2. The lowest BCUT2D eigenvalue weighted by Gasteiger charge is -2.21. The van der Waals surface area contributed by atoms with E-state index in [1.807, 2.05) is 24.3 Å². The molecular formula is C18H20BrN3O2S. The molecule has 0 spiro atoms. The Hall–Kier alpha value is -1.86. The van der Waals surface area contributed by atoms with Crippen LogP contribution in [0, 0.1) is 0 Å². The second kappa shape index (κ2) is 8.49. The molecule has 0 radical (unpaired) electrons. The highest BCUT2D eigenvalue weighted by atomic mass is 79.9. The van der Waals surface area contributed by atoms with Crippen LogP contribution in [0.4, 0.5) is 5.69 Å². The molecule has 2 heterocycles. The topological polar surface area (TPSA) is 61.4 Å². The van der Waals surface area contributed by atoms with Crippen molar-refractivity contribution in [3.8, 4) is 0 Å². The molecule has 3 rings (SSSR count). The number of halogens is 1. The van der Waals surface area contributed by atoms with E-state index < -0.39 is 0 Å². The highest BCUT2D eigenvalue weighted by Crippen LogP contribution is 2.24. The maximum absolute atomic E-state index is 12.0. The van der Waals surface area contributed by atoms with Crippen molar-refractivity contribution in [1.29, 1.82) is 0 Å². The Bertz CT molecular complexity index is 756. The molecule has 0 unspecified atom stereocenters. The highest BCUT2D eigenvalue weighted by Gasteiger charge is 2.16. The van der Waals surface area contributed by atoms with Gasteiger partial charge >= 0.3 is 0 Å². The monoisotopic (exact) mass is 421 g/mol. The van der Waals surface area contributed by atoms with Crippen LogP contribution in [0.15, 0.2) is 40.2 Å². The van der Waals surface area contributed by atoms with Gasteiger partial charge in [0.25, 0.3) is 5.91 Å². The maximum Gasteiger partial charge on any atom is 0.261 e. The van der Waals surface area contributed by atoms with Crippen molar-refractivity contribution < 1.29 is 9.59 Å². The predicted octanol–water partition coefficient (Wildman–Crippen LogP) is 3.16. The van der Waals surface area contributed by atoms with Gasteiger partial charge in [0.1, 0.15) is 0 Å². The average molecular weight is 422 g/mol. The second-order valence-electron chi connectivity index (χ2n) is 5.89. The molecule has 0 atom stereocenters. The number of anilines is 1. The zero-order valence-electron chi connectivity index (χ0n) is 13.8. The molecule has 0 saturated carbocycles. The molecule has 7 heteroatoms. The number of thiophene rings is 1. The second-order valence-corrected chi connectivity index (χ2v) is 8.35. The molecule has 1 aliphatic heterocycles. The summed E-state index contributed by atoms with van der Waals surface area (Å²) in [7, 11) is 0. The van der Waals surface area contributed by atoms with E-state index in [2.05, 4.69) is 37.5 Å². The number of nitrogens with zero attached hydrogens (tertiary/aromatic N) is 1. The molecular weight excluding hydrogens is 402 g/mol. The quantitative estimate of drug-likeness (QED) is 0.752. The van der Waals surface area contributed by atoms with Crippen molar-refractivity contribution in [3.63, 3.8) is 0 Å². The van der Waals surface area contributed by atoms with Crippen LogP contribution in [0.1, 0.15) is 28.1 Å². The standard InChI is InChI=1S/C18H20BrN3O2S/c19-16-8-7-15(25-16)18(24)21-12-17(23)20-11-13-5-1-2-6-14(13)22-9-3-4-10-22/h1-2,5-8H,3-4,9-12H2,(H,20,23)(H,21,24). The number of amides is 2. The molecule has 2 amide bonds. The van der Waals surface area contributed by atoms with E-state index >= 15 is 0 Å². The Morgan fingerprint density at radius 2 is 1.84 bits per heavy atom. The number of carbonyl (C=O) groups is 2. The minimum Gasteiger partial charge on any atom is -0.371 e. The van der Waals surface area contributed by atoms with Crippen LogP contribution in [-0.4, -0.2) is 31.4 Å². The summed E-state index contributed by atoms with van der Waals surface area (Å²) in [5.41, 5.74) is 2.29. The van der Waals surface area contributed by atoms with Gasteiger partial charge in [-0.15, -0.1) is 11.3 Å². The van der Waals surface area contributed by atoms with Crippen LogP contribution in [0.5, 0.6) is 0 Å². The average Bonchev–Trinajstić information content (AvgIpc) is 3.30. The van der Waals surface area contributed by atoms with E-state index in [4.69, 9.17) is 0 Å². The Labute approximate surface area is 159 Å². The third-order valence-corrected chi connectivity index (χ3v) is 5.74. The minimum absolute atomic E-state index is 0.0275. The van der Waals surface area contributed by atoms with Gasteiger partial charge in [-0.1, -0.05) is 18.2 Å². The first-order valence-electron chi connectivity index (χ1n) is 8.26. The van der Waals surface area contributed by atoms with Crippen LogP contribution in [0.25, 0.3) is 0 Å². The smallest absolute Gasteiger partial charge is 0.261 e. The molecule has 0 bridgehead atoms. The van der Waals surface area contributed by atoms with Crippen LogP contribution >= 0.6 is 27.3 Å². The lowest BCUT2D eigenvalue weighted by Crippen LogP contribution is -2.36. The summed E-state index contributed by atoms with van der Waals surface area (Å²) in [6, 6.07) is 11.7. The molecule has 2 N–H and O–H groups in total. The molecule has 2 aromatic rings. The van der Waals surface area contributed by atoms with Crippen LogP contribution in [-0.2, 0) is 11.3 Å². The summed E-state index contributed by atoms with van der Waals surface area (Å²) >= 11 is 4.66. The first kappa shape index (κ1) is 17.9. The Kier molecular flexibility index (Phi) is 6.09. The zero-order chi connectivity index (χ0) is 17.6. The Morgan fingerprint density at radius 3 is 2.56 bits per heavy atom. The lowest BCUT2D eigenvalue weighted by molar-refractivity contribution is -0.120. The molecule has 0 aliphatic carbocycles. The molecule has 1 aromatic carbocycles. The van der Waals surface area contributed by atoms with Crippen molar-refractivity contribution in [2.75, 3.05) is 24.5 Å². The lowest BCUT2D eigenvalue weighted by atomic mass is 10.1. The van der Waals surface area contributed by atoms with E-state index in [9.17, 15) is 9.59 Å². The van der Waals surface area contributed by atoms with Gasteiger partial charge in [0.05, 0.1) is 15.2 Å². The normalized spacial score (nSPS) is 13.7. The van der Waals surface area contributed by atoms with Crippen LogP contribution < -0.4 is 15.5 Å². The largest absolute Gasteiger partial charge is 0.371 e. The fourth-order valence-electron chi connectivity index (χ4n) is 2.87. The molecule has 1 aliphatic rings. The van der Waals surface area contributed by atoms with E-state index in [1.54, 1.807) is 6.07 Å². The summed E-state index contributed by atoms with van der Waals surface area (Å²) in [6.07, 6.45) is 2.43. The maximum atomic E-state index is 12.0. The summed E-state index contributed by atoms with van der Waals surface area (Å²) in [5, 5.41) is 5.53. The van der Waals surface area contributed by atoms with Crippen molar-refractivity contribution in [2.45, 2.75) is 19.4 Å². The number of benzene rings is 1. The predicted molar refractivity (Wildman–Crippen MR) is 104 cm³/mol. The molecule has 1 aromatic heterocycles. The fourth-order valence-corrected chi connectivity index (χ4v) is 4.17.